The Bertz CT molecular complexity index is 79.3. The normalized spacial score (nSPS) is 16.8. The summed E-state index contributed by atoms with van der Waals surface area (Å²) in [7, 11) is 0. The number of hydrogen-bond donors (Lipinski definition) is 2. The van der Waals surface area contributed by atoms with Crippen molar-refractivity contribution in [1.29, 1.82) is 0 Å². The van der Waals surface area contributed by atoms with Gasteiger partial charge in [-0.3, -0.25) is 0 Å². The standard InChI is InChI=1S/C8H19NO/c1-3-5-6-8(9,4-2)7-10/h10H,3-7,9H2,1-2H3/t8-/m0/s1. The molecule has 0 saturated heterocycles. The maximum atomic E-state index is 8.89. The fourth-order valence-corrected chi connectivity index (χ4v) is 0.896. The zero-order valence-electron chi connectivity index (χ0n) is 7.06. The highest BCUT2D eigenvalue weighted by Gasteiger charge is 2.19. The third-order valence-corrected chi connectivity index (χ3v) is 2.05. The van der Waals surface area contributed by atoms with Crippen molar-refractivity contribution >= 4 is 0 Å². The second-order valence-corrected chi connectivity index (χ2v) is 2.98. The predicted octanol–water partition coefficient (Wildman–Crippen LogP) is 1.28. The Balaban J connectivity index is 3.58. The molecular weight excluding hydrogens is 126 g/mol. The minimum absolute atomic E-state index is 0.115. The van der Waals surface area contributed by atoms with Gasteiger partial charge in [-0.05, 0) is 12.8 Å². The van der Waals surface area contributed by atoms with E-state index >= 15 is 0 Å². The zero-order valence-corrected chi connectivity index (χ0v) is 7.06. The lowest BCUT2D eigenvalue weighted by atomic mass is 9.92. The highest BCUT2D eigenvalue weighted by Crippen LogP contribution is 2.13. The van der Waals surface area contributed by atoms with E-state index in [4.69, 9.17) is 10.8 Å². The Morgan fingerprint density at radius 1 is 1.40 bits per heavy atom. The average Bonchev–Trinajstić information content (AvgIpc) is 2.00. The van der Waals surface area contributed by atoms with Crippen molar-refractivity contribution in [3.63, 3.8) is 0 Å². The molecule has 62 valence electrons. The molecule has 0 aliphatic heterocycles. The first-order valence-corrected chi connectivity index (χ1v) is 4.08. The molecule has 2 nitrogen and oxygen atoms in total. The maximum absolute atomic E-state index is 8.89. The van der Waals surface area contributed by atoms with Crippen molar-refractivity contribution in [2.75, 3.05) is 6.61 Å². The predicted molar refractivity (Wildman–Crippen MR) is 43.8 cm³/mol. The first kappa shape index (κ1) is 9.92. The lowest BCUT2D eigenvalue weighted by molar-refractivity contribution is 0.180. The van der Waals surface area contributed by atoms with Gasteiger partial charge in [-0.2, -0.15) is 0 Å². The first-order valence-electron chi connectivity index (χ1n) is 4.08. The van der Waals surface area contributed by atoms with Crippen molar-refractivity contribution in [2.45, 2.75) is 45.1 Å². The van der Waals surface area contributed by atoms with Crippen LogP contribution in [0.25, 0.3) is 0 Å². The molecule has 0 radical (unpaired) electrons. The quantitative estimate of drug-likeness (QED) is 0.612. The molecule has 10 heavy (non-hydrogen) atoms. The molecule has 0 aromatic heterocycles. The molecular formula is C8H19NO. The summed E-state index contributed by atoms with van der Waals surface area (Å²) in [6, 6.07) is 0. The van der Waals surface area contributed by atoms with E-state index in [1.165, 1.54) is 0 Å². The van der Waals surface area contributed by atoms with Crippen LogP contribution < -0.4 is 5.73 Å². The molecule has 0 amide bonds. The number of aliphatic hydroxyl groups is 1. The van der Waals surface area contributed by atoms with E-state index < -0.39 is 0 Å². The Labute approximate surface area is 63.4 Å². The molecule has 0 rings (SSSR count). The molecule has 0 fully saturated rings. The highest BCUT2D eigenvalue weighted by molar-refractivity contribution is 4.80. The van der Waals surface area contributed by atoms with E-state index in [2.05, 4.69) is 6.92 Å². The van der Waals surface area contributed by atoms with Crippen LogP contribution in [0.5, 0.6) is 0 Å². The molecule has 0 aromatic carbocycles. The van der Waals surface area contributed by atoms with Gasteiger partial charge in [-0.15, -0.1) is 0 Å². The fraction of sp³-hybridized carbons (Fsp3) is 1.00. The summed E-state index contributed by atoms with van der Waals surface area (Å²) in [5.74, 6) is 0. The molecule has 0 aliphatic rings. The lowest BCUT2D eigenvalue weighted by Gasteiger charge is -2.24. The summed E-state index contributed by atoms with van der Waals surface area (Å²) in [6.45, 7) is 4.27. The highest BCUT2D eigenvalue weighted by atomic mass is 16.3. The molecule has 3 N–H and O–H groups in total. The molecule has 0 bridgehead atoms. The van der Waals surface area contributed by atoms with Crippen LogP contribution in [0.2, 0.25) is 0 Å². The summed E-state index contributed by atoms with van der Waals surface area (Å²) in [5.41, 5.74) is 5.52. The molecule has 0 aromatic rings. The van der Waals surface area contributed by atoms with Crippen LogP contribution in [0, 0.1) is 0 Å². The molecule has 0 unspecified atom stereocenters. The van der Waals surface area contributed by atoms with Crippen LogP contribution in [0.1, 0.15) is 39.5 Å². The molecule has 2 heteroatoms. The largest absolute Gasteiger partial charge is 0.394 e. The van der Waals surface area contributed by atoms with Gasteiger partial charge in [0.1, 0.15) is 0 Å². The number of aliphatic hydroxyl groups excluding tert-OH is 1. The van der Waals surface area contributed by atoms with Gasteiger partial charge in [0.15, 0.2) is 0 Å². The Morgan fingerprint density at radius 2 is 2.00 bits per heavy atom. The van der Waals surface area contributed by atoms with Crippen LogP contribution in [0.15, 0.2) is 0 Å². The Hall–Kier alpha value is -0.0800. The monoisotopic (exact) mass is 145 g/mol. The average molecular weight is 145 g/mol. The minimum atomic E-state index is -0.310. The van der Waals surface area contributed by atoms with E-state index in [1.54, 1.807) is 0 Å². The molecule has 0 spiro atoms. The van der Waals surface area contributed by atoms with Crippen molar-refractivity contribution in [3.8, 4) is 0 Å². The second kappa shape index (κ2) is 4.69. The van der Waals surface area contributed by atoms with Gasteiger partial charge in [-0.1, -0.05) is 26.7 Å². The van der Waals surface area contributed by atoms with E-state index in [0.29, 0.717) is 0 Å². The topological polar surface area (TPSA) is 46.2 Å². The van der Waals surface area contributed by atoms with Crippen molar-refractivity contribution in [1.82, 2.24) is 0 Å². The molecule has 1 atom stereocenters. The minimum Gasteiger partial charge on any atom is -0.394 e. The van der Waals surface area contributed by atoms with Crippen molar-refractivity contribution < 1.29 is 5.11 Å². The smallest absolute Gasteiger partial charge is 0.0611 e. The number of unbranched alkanes of at least 4 members (excludes halogenated alkanes) is 1. The van der Waals surface area contributed by atoms with E-state index in [9.17, 15) is 0 Å². The van der Waals surface area contributed by atoms with Crippen LogP contribution in [0.4, 0.5) is 0 Å². The van der Waals surface area contributed by atoms with Gasteiger partial charge in [0.2, 0.25) is 0 Å². The second-order valence-electron chi connectivity index (χ2n) is 2.98. The van der Waals surface area contributed by atoms with Gasteiger partial charge >= 0.3 is 0 Å². The lowest BCUT2D eigenvalue weighted by Crippen LogP contribution is -2.42. The summed E-state index contributed by atoms with van der Waals surface area (Å²) >= 11 is 0. The van der Waals surface area contributed by atoms with Crippen LogP contribution in [-0.2, 0) is 0 Å². The Morgan fingerprint density at radius 3 is 2.30 bits per heavy atom. The maximum Gasteiger partial charge on any atom is 0.0611 e. The van der Waals surface area contributed by atoms with Crippen LogP contribution in [0.3, 0.4) is 0 Å². The van der Waals surface area contributed by atoms with Gasteiger partial charge in [0.25, 0.3) is 0 Å². The third kappa shape index (κ3) is 3.18. The van der Waals surface area contributed by atoms with E-state index in [0.717, 1.165) is 25.7 Å². The van der Waals surface area contributed by atoms with E-state index in [1.807, 2.05) is 6.92 Å². The van der Waals surface area contributed by atoms with Crippen molar-refractivity contribution in [2.24, 2.45) is 5.73 Å². The molecule has 0 heterocycles. The zero-order chi connectivity index (χ0) is 8.04. The van der Waals surface area contributed by atoms with Gasteiger partial charge < -0.3 is 10.8 Å². The summed E-state index contributed by atoms with van der Waals surface area (Å²) in [5, 5.41) is 8.89. The summed E-state index contributed by atoms with van der Waals surface area (Å²) in [6.07, 6.45) is 4.07. The van der Waals surface area contributed by atoms with Gasteiger partial charge in [0.05, 0.1) is 6.61 Å². The van der Waals surface area contributed by atoms with E-state index in [-0.39, 0.29) is 12.1 Å². The number of rotatable bonds is 5. The number of nitrogens with two attached hydrogens (primary N) is 1. The number of hydrogen-bond acceptors (Lipinski definition) is 2. The summed E-state index contributed by atoms with van der Waals surface area (Å²) < 4.78 is 0. The van der Waals surface area contributed by atoms with Crippen LogP contribution >= 0.6 is 0 Å². The van der Waals surface area contributed by atoms with Crippen LogP contribution in [-0.4, -0.2) is 17.3 Å². The molecule has 0 aliphatic carbocycles. The third-order valence-electron chi connectivity index (χ3n) is 2.05. The van der Waals surface area contributed by atoms with Gasteiger partial charge in [0, 0.05) is 5.54 Å². The SMILES string of the molecule is CCCC[C@@](N)(CC)CO. The van der Waals surface area contributed by atoms with Crippen molar-refractivity contribution in [3.05, 3.63) is 0 Å². The molecule has 0 saturated carbocycles. The summed E-state index contributed by atoms with van der Waals surface area (Å²) in [4.78, 5) is 0. The Kier molecular flexibility index (Phi) is 4.65. The first-order chi connectivity index (χ1) is 4.68. The fourth-order valence-electron chi connectivity index (χ4n) is 0.896. The van der Waals surface area contributed by atoms with Gasteiger partial charge in [-0.25, -0.2) is 0 Å².